The lowest BCUT2D eigenvalue weighted by molar-refractivity contribution is -0.118. The van der Waals surface area contributed by atoms with Crippen LogP contribution in [0.2, 0.25) is 0 Å². The summed E-state index contributed by atoms with van der Waals surface area (Å²) in [5.74, 6) is 0.219. The highest BCUT2D eigenvalue weighted by Gasteiger charge is 2.27. The Morgan fingerprint density at radius 2 is 2.30 bits per heavy atom. The van der Waals surface area contributed by atoms with E-state index in [2.05, 4.69) is 6.07 Å². The molecule has 0 bridgehead atoms. The largest absolute Gasteiger partial charge is 0.376 e. The number of ether oxygens (including phenoxy) is 1. The van der Waals surface area contributed by atoms with Crippen molar-refractivity contribution < 1.29 is 9.53 Å². The summed E-state index contributed by atoms with van der Waals surface area (Å²) in [6.45, 7) is 3.56. The molecular weight excluding hydrogens is 252 g/mol. The first-order valence-electron chi connectivity index (χ1n) is 7.51. The van der Waals surface area contributed by atoms with Gasteiger partial charge >= 0.3 is 0 Å². The molecule has 2 unspecified atom stereocenters. The first-order chi connectivity index (χ1) is 9.70. The summed E-state index contributed by atoms with van der Waals surface area (Å²) in [6.07, 6.45) is 3.69. The fourth-order valence-electron chi connectivity index (χ4n) is 3.23. The van der Waals surface area contributed by atoms with Crippen molar-refractivity contribution >= 4 is 11.6 Å². The highest BCUT2D eigenvalue weighted by molar-refractivity contribution is 5.96. The number of amides is 1. The molecule has 20 heavy (non-hydrogen) atoms. The van der Waals surface area contributed by atoms with Crippen LogP contribution in [0.25, 0.3) is 0 Å². The maximum atomic E-state index is 11.9. The van der Waals surface area contributed by atoms with Crippen molar-refractivity contribution in [2.75, 3.05) is 18.1 Å². The summed E-state index contributed by atoms with van der Waals surface area (Å²) < 4.78 is 5.68. The number of carbonyl (C=O) groups is 1. The van der Waals surface area contributed by atoms with Crippen LogP contribution in [0.5, 0.6) is 0 Å². The normalized spacial score (nSPS) is 23.8. The zero-order chi connectivity index (χ0) is 14.1. The zero-order valence-corrected chi connectivity index (χ0v) is 12.0. The van der Waals surface area contributed by atoms with Crippen molar-refractivity contribution in [1.82, 2.24) is 0 Å². The number of anilines is 1. The molecule has 2 aliphatic rings. The molecule has 2 heterocycles. The minimum Gasteiger partial charge on any atom is -0.376 e. The topological polar surface area (TPSA) is 55.6 Å². The van der Waals surface area contributed by atoms with E-state index in [1.165, 1.54) is 5.56 Å². The average Bonchev–Trinajstić information content (AvgIpc) is 3.00. The highest BCUT2D eigenvalue weighted by atomic mass is 16.5. The Bertz CT molecular complexity index is 509. The van der Waals surface area contributed by atoms with E-state index in [-0.39, 0.29) is 18.1 Å². The smallest absolute Gasteiger partial charge is 0.227 e. The Balaban J connectivity index is 1.87. The molecule has 1 fully saturated rings. The molecule has 0 spiro atoms. The summed E-state index contributed by atoms with van der Waals surface area (Å²) >= 11 is 0. The van der Waals surface area contributed by atoms with Gasteiger partial charge in [-0.2, -0.15) is 0 Å². The third-order valence-corrected chi connectivity index (χ3v) is 4.37. The monoisotopic (exact) mass is 274 g/mol. The molecule has 2 N–H and O–H groups in total. The number of fused-ring (bicyclic) bond motifs is 1. The van der Waals surface area contributed by atoms with Gasteiger partial charge in [0.1, 0.15) is 0 Å². The van der Waals surface area contributed by atoms with E-state index in [0.29, 0.717) is 6.42 Å². The van der Waals surface area contributed by atoms with Gasteiger partial charge in [-0.15, -0.1) is 0 Å². The first kappa shape index (κ1) is 13.6. The van der Waals surface area contributed by atoms with Gasteiger partial charge in [0, 0.05) is 25.3 Å². The molecular formula is C16H22N2O2. The molecule has 108 valence electrons. The zero-order valence-electron chi connectivity index (χ0n) is 12.0. The lowest BCUT2D eigenvalue weighted by atomic mass is 9.93. The fraction of sp³-hybridized carbons (Fsp3) is 0.562. The Kier molecular flexibility index (Phi) is 3.76. The number of nitrogens with two attached hydrogens (primary N) is 1. The number of hydrogen-bond acceptors (Lipinski definition) is 3. The van der Waals surface area contributed by atoms with Crippen LogP contribution in [0.4, 0.5) is 5.69 Å². The molecule has 1 saturated heterocycles. The fourth-order valence-corrected chi connectivity index (χ4v) is 3.23. The number of benzene rings is 1. The van der Waals surface area contributed by atoms with Crippen molar-refractivity contribution in [1.29, 1.82) is 0 Å². The summed E-state index contributed by atoms with van der Waals surface area (Å²) in [4.78, 5) is 13.8. The summed E-state index contributed by atoms with van der Waals surface area (Å²) in [5.41, 5.74) is 9.73. The van der Waals surface area contributed by atoms with Crippen LogP contribution < -0.4 is 10.6 Å². The van der Waals surface area contributed by atoms with E-state index in [0.717, 1.165) is 43.7 Å². The van der Waals surface area contributed by atoms with Crippen LogP contribution >= 0.6 is 0 Å². The highest BCUT2D eigenvalue weighted by Crippen LogP contribution is 2.32. The van der Waals surface area contributed by atoms with E-state index in [9.17, 15) is 4.79 Å². The lowest BCUT2D eigenvalue weighted by Crippen LogP contribution is -2.35. The van der Waals surface area contributed by atoms with Crippen LogP contribution in [0.15, 0.2) is 18.2 Å². The van der Waals surface area contributed by atoms with Crippen molar-refractivity contribution in [2.24, 2.45) is 5.73 Å². The maximum Gasteiger partial charge on any atom is 0.227 e. The molecule has 2 atom stereocenters. The van der Waals surface area contributed by atoms with E-state index >= 15 is 0 Å². The van der Waals surface area contributed by atoms with Gasteiger partial charge in [0.2, 0.25) is 5.91 Å². The van der Waals surface area contributed by atoms with Crippen LogP contribution in [0.3, 0.4) is 0 Å². The second kappa shape index (κ2) is 5.54. The molecule has 4 nitrogen and oxygen atoms in total. The second-order valence-electron chi connectivity index (χ2n) is 5.60. The van der Waals surface area contributed by atoms with Gasteiger partial charge in [-0.3, -0.25) is 4.79 Å². The molecule has 1 aromatic carbocycles. The Labute approximate surface area is 119 Å². The number of nitrogens with zero attached hydrogens (tertiary/aromatic N) is 1. The van der Waals surface area contributed by atoms with Gasteiger partial charge in [0.05, 0.1) is 12.1 Å². The van der Waals surface area contributed by atoms with E-state index in [1.54, 1.807) is 0 Å². The summed E-state index contributed by atoms with van der Waals surface area (Å²) in [5, 5.41) is 0. The molecule has 4 heteroatoms. The van der Waals surface area contributed by atoms with Crippen molar-refractivity contribution in [2.45, 2.75) is 44.8 Å². The molecule has 3 rings (SSSR count). The van der Waals surface area contributed by atoms with Crippen LogP contribution in [0, 0.1) is 0 Å². The second-order valence-corrected chi connectivity index (χ2v) is 5.60. The summed E-state index contributed by atoms with van der Waals surface area (Å²) in [7, 11) is 0. The molecule has 0 radical (unpaired) electrons. The predicted molar refractivity (Wildman–Crippen MR) is 78.7 cm³/mol. The number of rotatable bonds is 3. The molecule has 0 saturated carbocycles. The van der Waals surface area contributed by atoms with Crippen molar-refractivity contribution in [3.8, 4) is 0 Å². The number of hydrogen-bond donors (Lipinski definition) is 1. The minimum absolute atomic E-state index is 0.0597. The molecule has 2 aliphatic heterocycles. The molecule has 1 amide bonds. The number of carbonyl (C=O) groups excluding carboxylic acids is 1. The summed E-state index contributed by atoms with van der Waals surface area (Å²) in [6, 6.07) is 6.19. The van der Waals surface area contributed by atoms with Crippen LogP contribution in [-0.4, -0.2) is 25.2 Å². The molecule has 1 aromatic rings. The van der Waals surface area contributed by atoms with Crippen molar-refractivity contribution in [3.05, 3.63) is 29.3 Å². The molecule has 0 aliphatic carbocycles. The predicted octanol–water partition coefficient (Wildman–Crippen LogP) is 2.16. The van der Waals surface area contributed by atoms with Gasteiger partial charge in [-0.1, -0.05) is 12.1 Å². The third-order valence-electron chi connectivity index (χ3n) is 4.37. The third kappa shape index (κ3) is 2.34. The van der Waals surface area contributed by atoms with Crippen molar-refractivity contribution in [3.63, 3.8) is 0 Å². The van der Waals surface area contributed by atoms with Gasteiger partial charge in [-0.25, -0.2) is 0 Å². The lowest BCUT2D eigenvalue weighted by Gasteiger charge is -2.29. The average molecular weight is 274 g/mol. The Hall–Kier alpha value is -1.39. The van der Waals surface area contributed by atoms with Gasteiger partial charge in [0.25, 0.3) is 0 Å². The number of aryl methyl sites for hydroxylation is 1. The van der Waals surface area contributed by atoms with Crippen LogP contribution in [0.1, 0.15) is 43.4 Å². The van der Waals surface area contributed by atoms with Gasteiger partial charge in [0.15, 0.2) is 0 Å². The van der Waals surface area contributed by atoms with Gasteiger partial charge < -0.3 is 15.4 Å². The maximum absolute atomic E-state index is 11.9. The van der Waals surface area contributed by atoms with E-state index < -0.39 is 0 Å². The standard InChI is InChI=1S/C16H22N2O2/c1-2-18-13-7-5-12(10-11(13)6-8-15(18)19)16(17)14-4-3-9-20-14/h5,7,10,14,16H,2-4,6,8-9,17H2,1H3. The van der Waals surface area contributed by atoms with Crippen LogP contribution in [-0.2, 0) is 16.0 Å². The first-order valence-corrected chi connectivity index (χ1v) is 7.51. The molecule has 0 aromatic heterocycles. The quantitative estimate of drug-likeness (QED) is 0.919. The Morgan fingerprint density at radius 1 is 1.45 bits per heavy atom. The SMILES string of the molecule is CCN1C(=O)CCc2cc(C(N)C3CCCO3)ccc21. The van der Waals surface area contributed by atoms with E-state index in [1.807, 2.05) is 24.0 Å². The Morgan fingerprint density at radius 3 is 3.00 bits per heavy atom. The van der Waals surface area contributed by atoms with Gasteiger partial charge in [-0.05, 0) is 43.4 Å². The van der Waals surface area contributed by atoms with E-state index in [4.69, 9.17) is 10.5 Å². The minimum atomic E-state index is -0.0597.